The molecule has 270 valence electrons. The topological polar surface area (TPSA) is 82.7 Å². The zero-order chi connectivity index (χ0) is 36.4. The van der Waals surface area contributed by atoms with Gasteiger partial charge in [-0.2, -0.15) is 0 Å². The van der Waals surface area contributed by atoms with Crippen molar-refractivity contribution in [3.63, 3.8) is 0 Å². The number of fused-ring (bicyclic) bond motifs is 1. The molecule has 4 aromatic carbocycles. The Bertz CT molecular complexity index is 1760. The lowest BCUT2D eigenvalue weighted by atomic mass is 9.94. The van der Waals surface area contributed by atoms with Gasteiger partial charge in [0.2, 0.25) is 5.91 Å². The van der Waals surface area contributed by atoms with Gasteiger partial charge < -0.3 is 20.3 Å². The summed E-state index contributed by atoms with van der Waals surface area (Å²) >= 11 is 6.58. The molecule has 0 bridgehead atoms. The molecule has 7 nitrogen and oxygen atoms in total. The van der Waals surface area contributed by atoms with E-state index in [0.717, 1.165) is 42.5 Å². The third-order valence-electron chi connectivity index (χ3n) is 8.93. The van der Waals surface area contributed by atoms with Gasteiger partial charge in [-0.15, -0.1) is 0 Å². The zero-order valence-corrected chi connectivity index (χ0v) is 30.8. The number of benzene rings is 4. The normalized spacial score (nSPS) is 16.7. The van der Waals surface area contributed by atoms with Crippen LogP contribution < -0.4 is 20.9 Å². The van der Waals surface area contributed by atoms with Gasteiger partial charge in [-0.05, 0) is 72.2 Å². The molecule has 1 aliphatic rings. The van der Waals surface area contributed by atoms with Crippen molar-refractivity contribution in [2.45, 2.75) is 84.8 Å². The molecular weight excluding hydrogens is 663 g/mol. The van der Waals surface area contributed by atoms with E-state index in [1.54, 1.807) is 29.2 Å². The first-order valence-corrected chi connectivity index (χ1v) is 18.2. The van der Waals surface area contributed by atoms with E-state index >= 15 is 0 Å². The summed E-state index contributed by atoms with van der Waals surface area (Å²) in [5.74, 6) is -1.12. The molecule has 3 N–H and O–H groups in total. The predicted molar refractivity (Wildman–Crippen MR) is 203 cm³/mol. The van der Waals surface area contributed by atoms with E-state index < -0.39 is 23.9 Å². The zero-order valence-electron chi connectivity index (χ0n) is 30.1. The molecule has 0 radical (unpaired) electrons. The minimum absolute atomic E-state index is 0.00701. The summed E-state index contributed by atoms with van der Waals surface area (Å²) in [6, 6.07) is 30.4. The lowest BCUT2D eigenvalue weighted by Gasteiger charge is -2.31. The largest absolute Gasteiger partial charge is 0.355 e. The number of carbonyl (C=O) groups is 2. The highest BCUT2D eigenvalue weighted by atomic mass is 35.5. The maximum absolute atomic E-state index is 14.3. The third kappa shape index (κ3) is 11.0. The second-order valence-electron chi connectivity index (χ2n) is 14.4. The number of nitrogens with zero attached hydrogens (tertiary/aromatic N) is 1. The van der Waals surface area contributed by atoms with E-state index in [1.165, 1.54) is 11.6 Å². The molecule has 3 unspecified atom stereocenters. The van der Waals surface area contributed by atoms with Gasteiger partial charge in [-0.3, -0.25) is 14.9 Å². The minimum Gasteiger partial charge on any atom is -0.355 e. The van der Waals surface area contributed by atoms with Crippen LogP contribution in [-0.4, -0.2) is 37.2 Å². The quantitative estimate of drug-likeness (QED) is 0.0858. The third-order valence-corrected chi connectivity index (χ3v) is 9.17. The van der Waals surface area contributed by atoms with Crippen LogP contribution in [0.25, 0.3) is 0 Å². The van der Waals surface area contributed by atoms with E-state index in [4.69, 9.17) is 16.3 Å². The van der Waals surface area contributed by atoms with Crippen molar-refractivity contribution in [3.05, 3.63) is 136 Å². The average molecular weight is 713 g/mol. The van der Waals surface area contributed by atoms with Gasteiger partial charge in [0.15, 0.2) is 0 Å². The van der Waals surface area contributed by atoms with Gasteiger partial charge in [0.05, 0.1) is 12.6 Å². The Morgan fingerprint density at radius 1 is 0.922 bits per heavy atom. The van der Waals surface area contributed by atoms with Crippen molar-refractivity contribution in [2.24, 2.45) is 5.41 Å². The summed E-state index contributed by atoms with van der Waals surface area (Å²) in [5.41, 5.74) is 4.83. The van der Waals surface area contributed by atoms with Gasteiger partial charge in [0.25, 0.3) is 5.91 Å². The predicted octanol–water partition coefficient (Wildman–Crippen LogP) is 8.10. The fourth-order valence-corrected chi connectivity index (χ4v) is 6.54. The highest BCUT2D eigenvalue weighted by Gasteiger charge is 2.39. The second-order valence-corrected chi connectivity index (χ2v) is 14.8. The summed E-state index contributed by atoms with van der Waals surface area (Å²) < 4.78 is 20.9. The monoisotopic (exact) mass is 712 g/mol. The van der Waals surface area contributed by atoms with Crippen LogP contribution in [0.1, 0.15) is 80.9 Å². The molecule has 1 aliphatic heterocycles. The first-order valence-electron chi connectivity index (χ1n) is 17.9. The first kappa shape index (κ1) is 38.2. The number of carbonyl (C=O) groups excluding carboxylic acids is 2. The minimum atomic E-state index is -1.09. The summed E-state index contributed by atoms with van der Waals surface area (Å²) in [6.45, 7) is 10.3. The van der Waals surface area contributed by atoms with Gasteiger partial charge in [0, 0.05) is 41.5 Å². The van der Waals surface area contributed by atoms with Crippen molar-refractivity contribution < 1.29 is 18.7 Å². The number of anilines is 1. The number of aryl methyl sites for hydroxylation is 1. The van der Waals surface area contributed by atoms with Gasteiger partial charge >= 0.3 is 0 Å². The molecule has 3 atom stereocenters. The Morgan fingerprint density at radius 3 is 2.41 bits per heavy atom. The Labute approximate surface area is 306 Å². The summed E-state index contributed by atoms with van der Waals surface area (Å²) in [5, 5.41) is 10.6. The van der Waals surface area contributed by atoms with E-state index in [-0.39, 0.29) is 30.5 Å². The Hall–Kier alpha value is -4.08. The molecule has 5 rings (SSSR count). The van der Waals surface area contributed by atoms with Crippen LogP contribution >= 0.6 is 11.6 Å². The summed E-state index contributed by atoms with van der Waals surface area (Å²) in [7, 11) is 0. The number of nitrogens with one attached hydrogen (secondary N) is 3. The maximum Gasteiger partial charge on any atom is 0.256 e. The molecule has 0 saturated carbocycles. The molecule has 0 spiro atoms. The van der Waals surface area contributed by atoms with E-state index in [0.29, 0.717) is 29.4 Å². The number of ether oxygens (including phenoxy) is 1. The fourth-order valence-electron chi connectivity index (χ4n) is 6.36. The lowest BCUT2D eigenvalue weighted by molar-refractivity contribution is -0.138. The number of hydrogen-bond acceptors (Lipinski definition) is 5. The van der Waals surface area contributed by atoms with Crippen molar-refractivity contribution in [1.29, 1.82) is 0 Å². The lowest BCUT2D eigenvalue weighted by Crippen LogP contribution is -2.45. The number of amides is 2. The van der Waals surface area contributed by atoms with E-state index in [9.17, 15) is 14.0 Å². The molecule has 0 aromatic heterocycles. The first-order chi connectivity index (χ1) is 24.5. The number of rotatable bonds is 15. The molecule has 1 heterocycles. The summed E-state index contributed by atoms with van der Waals surface area (Å²) in [4.78, 5) is 29.3. The van der Waals surface area contributed by atoms with Crippen molar-refractivity contribution in [1.82, 2.24) is 16.0 Å². The van der Waals surface area contributed by atoms with Gasteiger partial charge in [0.1, 0.15) is 18.0 Å². The fraction of sp³-hybridized carbons (Fsp3) is 0.381. The van der Waals surface area contributed by atoms with Crippen molar-refractivity contribution in [2.75, 3.05) is 18.0 Å². The standard InChI is InChI=1S/C42H50ClFN4O3/c1-5-38(45-22-12-16-29-13-7-6-8-14-29)46-26-30-15-11-18-31(23-30)40-34-24-33(43)20-21-36(34)48(28-42(2,3)4)41(50)37(51-40)25-39(49)47-27-32-17-9-10-19-35(32)44/h6-11,13-15,17-21,23-24,37-38,40,45-46H,5,12,16,22,25-28H2,1-4H3,(H,47,49). The van der Waals surface area contributed by atoms with Crippen LogP contribution in [0, 0.1) is 11.2 Å². The Morgan fingerprint density at radius 2 is 1.67 bits per heavy atom. The van der Waals surface area contributed by atoms with Crippen LogP contribution in [0.5, 0.6) is 0 Å². The summed E-state index contributed by atoms with van der Waals surface area (Å²) in [6.07, 6.45) is 1.17. The maximum atomic E-state index is 14.3. The smallest absolute Gasteiger partial charge is 0.256 e. The van der Waals surface area contributed by atoms with Gasteiger partial charge in [-0.1, -0.05) is 112 Å². The van der Waals surface area contributed by atoms with Crippen LogP contribution in [0.4, 0.5) is 10.1 Å². The molecule has 0 aliphatic carbocycles. The Balaban J connectivity index is 1.35. The van der Waals surface area contributed by atoms with Crippen LogP contribution in [0.15, 0.2) is 97.1 Å². The van der Waals surface area contributed by atoms with Crippen LogP contribution in [0.3, 0.4) is 0 Å². The van der Waals surface area contributed by atoms with E-state index in [1.807, 2.05) is 30.3 Å². The second kappa shape index (κ2) is 17.9. The number of hydrogen-bond donors (Lipinski definition) is 3. The van der Waals surface area contributed by atoms with Gasteiger partial charge in [-0.25, -0.2) is 4.39 Å². The number of halogens is 2. The van der Waals surface area contributed by atoms with Crippen molar-refractivity contribution in [3.8, 4) is 0 Å². The molecule has 4 aromatic rings. The molecule has 2 amide bonds. The van der Waals surface area contributed by atoms with Crippen molar-refractivity contribution >= 4 is 29.1 Å². The molecule has 51 heavy (non-hydrogen) atoms. The molecular formula is C42H50ClFN4O3. The molecule has 9 heteroatoms. The SMILES string of the molecule is CCC(NCCCc1ccccc1)NCc1cccc(C2OC(CC(=O)NCc3ccccc3F)C(=O)N(CC(C)(C)C)c3ccc(Cl)cc32)c1. The van der Waals surface area contributed by atoms with Crippen LogP contribution in [-0.2, 0) is 33.8 Å². The highest BCUT2D eigenvalue weighted by molar-refractivity contribution is 6.30. The molecule has 0 saturated heterocycles. The highest BCUT2D eigenvalue weighted by Crippen LogP contribution is 2.41. The van der Waals surface area contributed by atoms with Crippen LogP contribution in [0.2, 0.25) is 5.02 Å². The average Bonchev–Trinajstić information content (AvgIpc) is 3.21. The molecule has 0 fully saturated rings. The van der Waals surface area contributed by atoms with E-state index in [2.05, 4.69) is 80.0 Å². The Kier molecular flexibility index (Phi) is 13.4.